The van der Waals surface area contributed by atoms with Crippen LogP contribution in [0.1, 0.15) is 45.7 Å². The molecule has 0 atom stereocenters. The monoisotopic (exact) mass is 292 g/mol. The zero-order chi connectivity index (χ0) is 15.6. The Labute approximate surface area is 128 Å². The first-order chi connectivity index (χ1) is 9.77. The highest BCUT2D eigenvalue weighted by Gasteiger charge is 2.21. The third-order valence-electron chi connectivity index (χ3n) is 4.38. The van der Waals surface area contributed by atoms with Crippen molar-refractivity contribution >= 4 is 0 Å². The summed E-state index contributed by atoms with van der Waals surface area (Å²) in [6.07, 6.45) is 0. The summed E-state index contributed by atoms with van der Waals surface area (Å²) in [5, 5.41) is 0. The van der Waals surface area contributed by atoms with Crippen LogP contribution in [-0.4, -0.2) is 42.0 Å². The first-order valence-electron chi connectivity index (χ1n) is 8.02. The van der Waals surface area contributed by atoms with Crippen molar-refractivity contribution in [1.82, 2.24) is 9.80 Å². The lowest BCUT2D eigenvalue weighted by molar-refractivity contribution is 0.104. The van der Waals surface area contributed by atoms with Gasteiger partial charge in [0.25, 0.3) is 0 Å². The summed E-state index contributed by atoms with van der Waals surface area (Å²) >= 11 is 0. The van der Waals surface area contributed by atoms with Crippen LogP contribution in [0.3, 0.4) is 0 Å². The van der Waals surface area contributed by atoms with Gasteiger partial charge in [-0.05, 0) is 36.5 Å². The largest absolute Gasteiger partial charge is 0.298 e. The fourth-order valence-electron chi connectivity index (χ4n) is 2.96. The van der Waals surface area contributed by atoms with E-state index in [1.165, 1.54) is 0 Å². The Hall–Kier alpha value is -0.930. The highest BCUT2D eigenvalue weighted by Crippen LogP contribution is 2.26. The molecular weight excluding hydrogens is 263 g/mol. The highest BCUT2D eigenvalue weighted by molar-refractivity contribution is 5.29. The van der Waals surface area contributed by atoms with Crippen LogP contribution >= 0.6 is 0 Å². The van der Waals surface area contributed by atoms with E-state index >= 15 is 0 Å². The number of nitrogens with zero attached hydrogens (tertiary/aromatic N) is 2. The van der Waals surface area contributed by atoms with Gasteiger partial charge in [-0.1, -0.05) is 32.9 Å². The van der Waals surface area contributed by atoms with Crippen LogP contribution < -0.4 is 0 Å². The molecule has 3 heteroatoms. The molecule has 0 saturated carbocycles. The third-order valence-corrected chi connectivity index (χ3v) is 4.38. The van der Waals surface area contributed by atoms with Crippen LogP contribution in [0.15, 0.2) is 18.2 Å². The molecule has 2 nitrogen and oxygen atoms in total. The number of hydrogen-bond acceptors (Lipinski definition) is 2. The quantitative estimate of drug-likeness (QED) is 0.839. The number of rotatable bonds is 3. The molecule has 1 aromatic carbocycles. The molecule has 21 heavy (non-hydrogen) atoms. The molecular formula is C18H29FN2. The molecule has 0 aliphatic carbocycles. The topological polar surface area (TPSA) is 6.48 Å². The summed E-state index contributed by atoms with van der Waals surface area (Å²) in [4.78, 5) is 4.92. The van der Waals surface area contributed by atoms with Crippen molar-refractivity contribution in [3.63, 3.8) is 0 Å². The Kier molecular flexibility index (Phi) is 5.05. The highest BCUT2D eigenvalue weighted by atomic mass is 19.1. The molecule has 1 saturated heterocycles. The minimum Gasteiger partial charge on any atom is -0.298 e. The van der Waals surface area contributed by atoms with Crippen molar-refractivity contribution < 1.29 is 4.39 Å². The summed E-state index contributed by atoms with van der Waals surface area (Å²) in [6.45, 7) is 15.9. The Morgan fingerprint density at radius 2 is 1.71 bits per heavy atom. The van der Waals surface area contributed by atoms with Crippen molar-refractivity contribution in [2.45, 2.75) is 52.6 Å². The lowest BCUT2D eigenvalue weighted by Gasteiger charge is -2.37. The number of piperazine rings is 1. The summed E-state index contributed by atoms with van der Waals surface area (Å²) in [7, 11) is 0. The molecule has 1 heterocycles. The molecule has 1 aliphatic rings. The van der Waals surface area contributed by atoms with Crippen molar-refractivity contribution in [3.05, 3.63) is 35.1 Å². The van der Waals surface area contributed by atoms with Crippen LogP contribution in [0, 0.1) is 5.82 Å². The fourth-order valence-corrected chi connectivity index (χ4v) is 2.96. The van der Waals surface area contributed by atoms with Crippen LogP contribution in [0.2, 0.25) is 0 Å². The Morgan fingerprint density at radius 3 is 2.19 bits per heavy atom. The maximum atomic E-state index is 14.2. The molecule has 0 unspecified atom stereocenters. The van der Waals surface area contributed by atoms with Gasteiger partial charge in [-0.2, -0.15) is 0 Å². The molecule has 0 radical (unpaired) electrons. The van der Waals surface area contributed by atoms with Crippen molar-refractivity contribution in [3.8, 4) is 0 Å². The van der Waals surface area contributed by atoms with Gasteiger partial charge in [-0.15, -0.1) is 0 Å². The van der Waals surface area contributed by atoms with E-state index in [0.29, 0.717) is 6.04 Å². The molecule has 0 N–H and O–H groups in total. The van der Waals surface area contributed by atoms with Gasteiger partial charge in [-0.3, -0.25) is 9.80 Å². The standard InChI is InChI=1S/C18H29FN2/c1-14(2)21-10-8-20(9-11-21)13-15-6-7-16(17(19)12-15)18(3,4)5/h6-7,12,14H,8-11,13H2,1-5H3. The second-order valence-electron chi connectivity index (χ2n) is 7.47. The van der Waals surface area contributed by atoms with Crippen LogP contribution in [0.25, 0.3) is 0 Å². The maximum absolute atomic E-state index is 14.2. The minimum absolute atomic E-state index is 0.0687. The molecule has 118 valence electrons. The van der Waals surface area contributed by atoms with Gasteiger partial charge in [0.05, 0.1) is 0 Å². The van der Waals surface area contributed by atoms with Gasteiger partial charge in [0.2, 0.25) is 0 Å². The smallest absolute Gasteiger partial charge is 0.127 e. The van der Waals surface area contributed by atoms with Gasteiger partial charge < -0.3 is 0 Å². The molecule has 2 rings (SSSR count). The maximum Gasteiger partial charge on any atom is 0.127 e. The Balaban J connectivity index is 1.97. The first-order valence-corrected chi connectivity index (χ1v) is 8.02. The van der Waals surface area contributed by atoms with Gasteiger partial charge in [0, 0.05) is 38.8 Å². The Bertz CT molecular complexity index is 469. The van der Waals surface area contributed by atoms with Gasteiger partial charge in [0.15, 0.2) is 0 Å². The molecule has 1 fully saturated rings. The normalized spacial score (nSPS) is 18.4. The predicted octanol–water partition coefficient (Wildman–Crippen LogP) is 3.65. The zero-order valence-electron chi connectivity index (χ0n) is 14.1. The van der Waals surface area contributed by atoms with Gasteiger partial charge in [0.1, 0.15) is 5.82 Å². The van der Waals surface area contributed by atoms with E-state index in [4.69, 9.17) is 0 Å². The van der Waals surface area contributed by atoms with E-state index < -0.39 is 0 Å². The molecule has 0 spiro atoms. The van der Waals surface area contributed by atoms with Crippen molar-refractivity contribution in [2.75, 3.05) is 26.2 Å². The molecule has 1 aromatic rings. The lowest BCUT2D eigenvalue weighted by atomic mass is 9.86. The summed E-state index contributed by atoms with van der Waals surface area (Å²) in [5.41, 5.74) is 1.75. The van der Waals surface area contributed by atoms with E-state index in [1.54, 1.807) is 6.07 Å². The van der Waals surface area contributed by atoms with E-state index in [2.05, 4.69) is 50.5 Å². The van der Waals surface area contributed by atoms with Gasteiger partial charge in [-0.25, -0.2) is 4.39 Å². The van der Waals surface area contributed by atoms with E-state index in [0.717, 1.165) is 43.9 Å². The summed E-state index contributed by atoms with van der Waals surface area (Å²) in [5.74, 6) is -0.0687. The average Bonchev–Trinajstić information content (AvgIpc) is 2.37. The Morgan fingerprint density at radius 1 is 1.10 bits per heavy atom. The second-order valence-corrected chi connectivity index (χ2v) is 7.47. The number of hydrogen-bond donors (Lipinski definition) is 0. The number of halogens is 1. The zero-order valence-corrected chi connectivity index (χ0v) is 14.1. The SMILES string of the molecule is CC(C)N1CCN(Cc2ccc(C(C)(C)C)c(F)c2)CC1. The van der Waals surface area contributed by atoms with Gasteiger partial charge >= 0.3 is 0 Å². The van der Waals surface area contributed by atoms with E-state index in [9.17, 15) is 4.39 Å². The van der Waals surface area contributed by atoms with Crippen molar-refractivity contribution in [1.29, 1.82) is 0 Å². The molecule has 0 bridgehead atoms. The third kappa shape index (κ3) is 4.27. The van der Waals surface area contributed by atoms with Crippen molar-refractivity contribution in [2.24, 2.45) is 0 Å². The molecule has 0 amide bonds. The van der Waals surface area contributed by atoms with Crippen LogP contribution in [0.4, 0.5) is 4.39 Å². The van der Waals surface area contributed by atoms with E-state index in [1.807, 2.05) is 6.07 Å². The minimum atomic E-state index is -0.133. The predicted molar refractivity (Wildman–Crippen MR) is 87.1 cm³/mol. The second kappa shape index (κ2) is 6.45. The molecule has 1 aliphatic heterocycles. The molecule has 0 aromatic heterocycles. The average molecular weight is 292 g/mol. The number of benzene rings is 1. The summed E-state index contributed by atoms with van der Waals surface area (Å²) < 4.78 is 14.2. The first kappa shape index (κ1) is 16.4. The van der Waals surface area contributed by atoms with Crippen LogP contribution in [-0.2, 0) is 12.0 Å². The van der Waals surface area contributed by atoms with Crippen LogP contribution in [0.5, 0.6) is 0 Å². The van der Waals surface area contributed by atoms with E-state index in [-0.39, 0.29) is 11.2 Å². The fraction of sp³-hybridized carbons (Fsp3) is 0.667. The lowest BCUT2D eigenvalue weighted by Crippen LogP contribution is -2.48. The summed E-state index contributed by atoms with van der Waals surface area (Å²) in [6, 6.07) is 6.37.